The zero-order valence-corrected chi connectivity index (χ0v) is 13.0. The Balaban J connectivity index is 2.15. The molecule has 0 aliphatic carbocycles. The van der Waals surface area contributed by atoms with Crippen LogP contribution in [-0.4, -0.2) is 29.4 Å². The summed E-state index contributed by atoms with van der Waals surface area (Å²) in [5, 5.41) is 0. The lowest BCUT2D eigenvalue weighted by atomic mass is 10.3. The van der Waals surface area contributed by atoms with E-state index in [1.165, 1.54) is 0 Å². The Kier molecular flexibility index (Phi) is 5.61. The zero-order chi connectivity index (χ0) is 14.4. The summed E-state index contributed by atoms with van der Waals surface area (Å²) in [7, 11) is 0. The number of fused-ring (bicyclic) bond motifs is 1. The Morgan fingerprint density at radius 2 is 2.10 bits per heavy atom. The van der Waals surface area contributed by atoms with E-state index in [1.807, 2.05) is 19.1 Å². The van der Waals surface area contributed by atoms with Crippen LogP contribution in [-0.2, 0) is 11.3 Å². The lowest BCUT2D eigenvalue weighted by molar-refractivity contribution is 0.129. The van der Waals surface area contributed by atoms with Crippen molar-refractivity contribution >= 4 is 23.3 Å². The molecule has 110 valence electrons. The molecule has 0 aliphatic rings. The lowest BCUT2D eigenvalue weighted by Crippen LogP contribution is -2.03. The van der Waals surface area contributed by atoms with Crippen LogP contribution in [0.2, 0.25) is 0 Å². The first-order valence-electron chi connectivity index (χ1n) is 7.20. The standard InChI is InChI=1S/C15H22N2O2S/c1-3-10-18-11-6-9-17-12-7-5-8-13(19-4-2)14(12)16-15(17)20/h5,7-8H,3-4,6,9-11H2,1-2H3,(H,16,20). The van der Waals surface area contributed by atoms with Gasteiger partial charge in [0.1, 0.15) is 11.3 Å². The van der Waals surface area contributed by atoms with E-state index in [9.17, 15) is 0 Å². The number of aromatic nitrogens is 2. The molecule has 1 heterocycles. The van der Waals surface area contributed by atoms with Crippen molar-refractivity contribution < 1.29 is 9.47 Å². The smallest absolute Gasteiger partial charge is 0.178 e. The summed E-state index contributed by atoms with van der Waals surface area (Å²) in [6, 6.07) is 6.03. The maximum atomic E-state index is 5.63. The molecule has 0 atom stereocenters. The number of hydrogen-bond acceptors (Lipinski definition) is 3. The third kappa shape index (κ3) is 3.41. The highest BCUT2D eigenvalue weighted by atomic mass is 32.1. The minimum atomic E-state index is 0.649. The Labute approximate surface area is 124 Å². The van der Waals surface area contributed by atoms with Crippen molar-refractivity contribution in [3.63, 3.8) is 0 Å². The van der Waals surface area contributed by atoms with Gasteiger partial charge in [0.05, 0.1) is 12.1 Å². The predicted molar refractivity (Wildman–Crippen MR) is 84.0 cm³/mol. The number of nitrogens with zero attached hydrogens (tertiary/aromatic N) is 1. The van der Waals surface area contributed by atoms with Gasteiger partial charge in [-0.15, -0.1) is 0 Å². The summed E-state index contributed by atoms with van der Waals surface area (Å²) in [4.78, 5) is 3.24. The molecule has 1 N–H and O–H groups in total. The van der Waals surface area contributed by atoms with Crippen LogP contribution in [0.4, 0.5) is 0 Å². The molecule has 1 aromatic carbocycles. The van der Waals surface area contributed by atoms with Gasteiger partial charge in [-0.2, -0.15) is 0 Å². The normalized spacial score (nSPS) is 11.1. The second-order valence-electron chi connectivity index (χ2n) is 4.63. The van der Waals surface area contributed by atoms with Gasteiger partial charge in [-0.05, 0) is 44.1 Å². The van der Waals surface area contributed by atoms with Gasteiger partial charge in [0.2, 0.25) is 0 Å². The molecule has 5 heteroatoms. The highest BCUT2D eigenvalue weighted by Crippen LogP contribution is 2.25. The van der Waals surface area contributed by atoms with Crippen molar-refractivity contribution in [3.8, 4) is 5.75 Å². The van der Waals surface area contributed by atoms with Gasteiger partial charge in [-0.25, -0.2) is 0 Å². The molecule has 0 saturated heterocycles. The van der Waals surface area contributed by atoms with E-state index in [0.29, 0.717) is 6.61 Å². The first kappa shape index (κ1) is 15.1. The van der Waals surface area contributed by atoms with Crippen molar-refractivity contribution in [3.05, 3.63) is 23.0 Å². The van der Waals surface area contributed by atoms with Crippen LogP contribution in [0.1, 0.15) is 26.7 Å². The maximum Gasteiger partial charge on any atom is 0.178 e. The van der Waals surface area contributed by atoms with E-state index in [4.69, 9.17) is 21.7 Å². The fourth-order valence-corrected chi connectivity index (χ4v) is 2.51. The number of H-pyrrole nitrogens is 1. The largest absolute Gasteiger partial charge is 0.492 e. The van der Waals surface area contributed by atoms with Crippen LogP contribution in [0, 0.1) is 4.77 Å². The molecular weight excluding hydrogens is 272 g/mol. The van der Waals surface area contributed by atoms with Crippen LogP contribution in [0.25, 0.3) is 11.0 Å². The van der Waals surface area contributed by atoms with E-state index in [-0.39, 0.29) is 0 Å². The van der Waals surface area contributed by atoms with E-state index in [2.05, 4.69) is 22.5 Å². The molecule has 0 unspecified atom stereocenters. The Morgan fingerprint density at radius 1 is 1.25 bits per heavy atom. The number of hydrogen-bond donors (Lipinski definition) is 1. The number of ether oxygens (including phenoxy) is 2. The maximum absolute atomic E-state index is 5.63. The molecule has 0 radical (unpaired) electrons. The average molecular weight is 294 g/mol. The zero-order valence-electron chi connectivity index (χ0n) is 12.1. The molecular formula is C15H22N2O2S. The third-order valence-electron chi connectivity index (χ3n) is 3.09. The fourth-order valence-electron chi connectivity index (χ4n) is 2.22. The van der Waals surface area contributed by atoms with Crippen LogP contribution < -0.4 is 4.74 Å². The van der Waals surface area contributed by atoms with Gasteiger partial charge < -0.3 is 19.0 Å². The Bertz CT molecular complexity index is 603. The lowest BCUT2D eigenvalue weighted by Gasteiger charge is -2.07. The summed E-state index contributed by atoms with van der Waals surface area (Å²) in [6.07, 6.45) is 2.02. The van der Waals surface area contributed by atoms with Crippen molar-refractivity contribution in [1.29, 1.82) is 0 Å². The SMILES string of the molecule is CCCOCCCn1c(=S)[nH]c2c(OCC)cccc21. The average Bonchev–Trinajstić information content (AvgIpc) is 2.76. The monoisotopic (exact) mass is 294 g/mol. The number of nitrogens with one attached hydrogen (secondary N) is 1. The Hall–Kier alpha value is -1.33. The van der Waals surface area contributed by atoms with Crippen molar-refractivity contribution in [2.24, 2.45) is 0 Å². The van der Waals surface area contributed by atoms with Crippen LogP contribution in [0.15, 0.2) is 18.2 Å². The molecule has 20 heavy (non-hydrogen) atoms. The van der Waals surface area contributed by atoms with E-state index >= 15 is 0 Å². The number of aromatic amines is 1. The van der Waals surface area contributed by atoms with Gasteiger partial charge in [-0.3, -0.25) is 0 Å². The summed E-state index contributed by atoms with van der Waals surface area (Å²) < 4.78 is 14.0. The number of rotatable bonds is 8. The number of aryl methyl sites for hydroxylation is 1. The molecule has 0 spiro atoms. The molecule has 0 amide bonds. The summed E-state index contributed by atoms with van der Waals surface area (Å²) in [5.74, 6) is 0.858. The molecule has 0 bridgehead atoms. The summed E-state index contributed by atoms with van der Waals surface area (Å²) in [6.45, 7) is 7.20. The molecule has 0 saturated carbocycles. The van der Waals surface area contributed by atoms with E-state index in [0.717, 1.165) is 54.2 Å². The second kappa shape index (κ2) is 7.45. The van der Waals surface area contributed by atoms with Crippen molar-refractivity contribution in [2.75, 3.05) is 19.8 Å². The van der Waals surface area contributed by atoms with Gasteiger partial charge >= 0.3 is 0 Å². The molecule has 2 aromatic rings. The molecule has 0 fully saturated rings. The van der Waals surface area contributed by atoms with Crippen LogP contribution in [0.5, 0.6) is 5.75 Å². The van der Waals surface area contributed by atoms with Crippen molar-refractivity contribution in [2.45, 2.75) is 33.2 Å². The molecule has 0 aliphatic heterocycles. The quantitative estimate of drug-likeness (QED) is 0.592. The van der Waals surface area contributed by atoms with Gasteiger partial charge in [0.25, 0.3) is 0 Å². The minimum absolute atomic E-state index is 0.649. The number of imidazole rings is 1. The molecule has 4 nitrogen and oxygen atoms in total. The predicted octanol–water partition coefficient (Wildman–Crippen LogP) is 3.91. The highest BCUT2D eigenvalue weighted by Gasteiger charge is 2.08. The first-order valence-corrected chi connectivity index (χ1v) is 7.60. The molecule has 2 rings (SSSR count). The first-order chi connectivity index (χ1) is 9.77. The van der Waals surface area contributed by atoms with Crippen LogP contribution in [0.3, 0.4) is 0 Å². The second-order valence-corrected chi connectivity index (χ2v) is 5.02. The topological polar surface area (TPSA) is 39.2 Å². The highest BCUT2D eigenvalue weighted by molar-refractivity contribution is 7.71. The van der Waals surface area contributed by atoms with Crippen LogP contribution >= 0.6 is 12.2 Å². The minimum Gasteiger partial charge on any atom is -0.492 e. The van der Waals surface area contributed by atoms with Gasteiger partial charge in [-0.1, -0.05) is 13.0 Å². The molecule has 1 aromatic heterocycles. The Morgan fingerprint density at radius 3 is 2.85 bits per heavy atom. The van der Waals surface area contributed by atoms with Gasteiger partial charge in [0, 0.05) is 19.8 Å². The van der Waals surface area contributed by atoms with E-state index in [1.54, 1.807) is 0 Å². The summed E-state index contributed by atoms with van der Waals surface area (Å²) in [5.41, 5.74) is 2.07. The number of benzene rings is 1. The number of para-hydroxylation sites is 1. The van der Waals surface area contributed by atoms with Crippen molar-refractivity contribution in [1.82, 2.24) is 9.55 Å². The van der Waals surface area contributed by atoms with Gasteiger partial charge in [0.15, 0.2) is 4.77 Å². The third-order valence-corrected chi connectivity index (χ3v) is 3.41. The van der Waals surface area contributed by atoms with E-state index < -0.39 is 0 Å². The fraction of sp³-hybridized carbons (Fsp3) is 0.533. The summed E-state index contributed by atoms with van der Waals surface area (Å²) >= 11 is 5.41.